The van der Waals surface area contributed by atoms with Gasteiger partial charge in [0.25, 0.3) is 0 Å². The van der Waals surface area contributed by atoms with Gasteiger partial charge >= 0.3 is 5.97 Å². The molecule has 0 aromatic heterocycles. The largest absolute Gasteiger partial charge is 0.465 e. The first-order valence-electron chi connectivity index (χ1n) is 14.0. The van der Waals surface area contributed by atoms with E-state index >= 15 is 0 Å². The molecule has 1 unspecified atom stereocenters. The zero-order valence-electron chi connectivity index (χ0n) is 21.6. The van der Waals surface area contributed by atoms with Crippen LogP contribution in [0.25, 0.3) is 0 Å². The standard InChI is InChI=1S/C30H36N2O5S/c33-19-22(20-11-4-1-5-12-20)32-26-28(35)31(21-13-6-2-7-14-21)17-10-16-30(26)25(27(32)34)24-23(38-30)15-8-3-9-18-37-29(24)36/h1,4-5,8,10-12,15-16,21-26,33H,2-3,6-7,9,13-14,17-19H2/b15-8-/t22-,23-,24+,25+,26?,30+/m1/s1. The molecule has 4 aliphatic heterocycles. The molecule has 4 heterocycles. The number of likely N-dealkylation sites (tertiary alicyclic amines) is 1. The minimum absolute atomic E-state index is 0.0662. The predicted octanol–water partition coefficient (Wildman–Crippen LogP) is 3.64. The Bertz CT molecular complexity index is 1130. The summed E-state index contributed by atoms with van der Waals surface area (Å²) in [6.45, 7) is 0.520. The van der Waals surface area contributed by atoms with Crippen LogP contribution in [0.4, 0.5) is 0 Å². The number of hydrogen-bond donors (Lipinski definition) is 1. The molecule has 0 bridgehead atoms. The number of ether oxygens (including phenoxy) is 1. The van der Waals surface area contributed by atoms with E-state index in [-0.39, 0.29) is 35.7 Å². The van der Waals surface area contributed by atoms with Crippen molar-refractivity contribution in [3.63, 3.8) is 0 Å². The first-order chi connectivity index (χ1) is 18.6. The Morgan fingerprint density at radius 2 is 1.82 bits per heavy atom. The first kappa shape index (κ1) is 25.7. The number of aliphatic hydroxyl groups excluding tert-OH is 1. The van der Waals surface area contributed by atoms with Crippen LogP contribution >= 0.6 is 11.8 Å². The molecule has 7 nitrogen and oxygen atoms in total. The van der Waals surface area contributed by atoms with E-state index in [1.54, 1.807) is 16.7 Å². The summed E-state index contributed by atoms with van der Waals surface area (Å²) in [6, 6.07) is 8.08. The molecule has 6 rings (SSSR count). The van der Waals surface area contributed by atoms with E-state index in [1.165, 1.54) is 6.42 Å². The number of nitrogens with zero attached hydrogens (tertiary/aromatic N) is 2. The van der Waals surface area contributed by atoms with Crippen molar-refractivity contribution < 1.29 is 24.2 Å². The summed E-state index contributed by atoms with van der Waals surface area (Å²) in [5.41, 5.74) is 0.780. The van der Waals surface area contributed by atoms with E-state index in [0.29, 0.717) is 13.2 Å². The molecule has 1 N–H and O–H groups in total. The molecule has 2 amide bonds. The Hall–Kier alpha value is -2.58. The minimum atomic E-state index is -0.905. The van der Waals surface area contributed by atoms with Gasteiger partial charge < -0.3 is 19.6 Å². The van der Waals surface area contributed by atoms with Crippen LogP contribution in [0.3, 0.4) is 0 Å². The lowest BCUT2D eigenvalue weighted by Gasteiger charge is -2.41. The van der Waals surface area contributed by atoms with Gasteiger partial charge in [-0.05, 0) is 31.2 Å². The van der Waals surface area contributed by atoms with Crippen molar-refractivity contribution >= 4 is 29.5 Å². The lowest BCUT2D eigenvalue weighted by atomic mass is 9.78. The first-order valence-corrected chi connectivity index (χ1v) is 14.9. The minimum Gasteiger partial charge on any atom is -0.465 e. The maximum Gasteiger partial charge on any atom is 0.311 e. The van der Waals surface area contributed by atoms with Gasteiger partial charge in [0.15, 0.2) is 0 Å². The zero-order chi connectivity index (χ0) is 26.3. The summed E-state index contributed by atoms with van der Waals surface area (Å²) in [4.78, 5) is 46.2. The van der Waals surface area contributed by atoms with Crippen LogP contribution in [-0.4, -0.2) is 74.5 Å². The molecule has 1 aromatic rings. The molecule has 1 saturated carbocycles. The number of amides is 2. The molecule has 5 aliphatic rings. The van der Waals surface area contributed by atoms with Gasteiger partial charge in [0.05, 0.1) is 35.8 Å². The van der Waals surface area contributed by atoms with Crippen LogP contribution in [0.1, 0.15) is 56.6 Å². The molecule has 6 atom stereocenters. The average Bonchev–Trinajstić information content (AvgIpc) is 3.35. The second-order valence-corrected chi connectivity index (χ2v) is 12.6. The second kappa shape index (κ2) is 10.5. The van der Waals surface area contributed by atoms with Gasteiger partial charge in [0.2, 0.25) is 11.8 Å². The number of cyclic esters (lactones) is 1. The lowest BCUT2D eigenvalue weighted by molar-refractivity contribution is -0.153. The monoisotopic (exact) mass is 536 g/mol. The number of esters is 1. The van der Waals surface area contributed by atoms with Gasteiger partial charge in [-0.3, -0.25) is 14.4 Å². The third-order valence-corrected chi connectivity index (χ3v) is 10.8. The van der Waals surface area contributed by atoms with Crippen molar-refractivity contribution in [3.05, 3.63) is 60.2 Å². The van der Waals surface area contributed by atoms with E-state index < -0.39 is 28.7 Å². The van der Waals surface area contributed by atoms with Crippen molar-refractivity contribution in [1.29, 1.82) is 0 Å². The van der Waals surface area contributed by atoms with E-state index in [0.717, 1.165) is 44.1 Å². The fraction of sp³-hybridized carbons (Fsp3) is 0.567. The molecule has 8 heteroatoms. The quantitative estimate of drug-likeness (QED) is 0.467. The van der Waals surface area contributed by atoms with Gasteiger partial charge in [-0.2, -0.15) is 0 Å². The van der Waals surface area contributed by atoms with Crippen molar-refractivity contribution in [2.75, 3.05) is 19.8 Å². The Labute approximate surface area is 228 Å². The Morgan fingerprint density at radius 1 is 1.03 bits per heavy atom. The SMILES string of the molecule is O=C1OCCC/C=C\[C@H]2S[C@]34C=CCN(C5CCCCC5)C(=O)C3N([C@H](CO)c3ccccc3)C(=O)[C@@H]4[C@@H]12. The average molecular weight is 537 g/mol. The summed E-state index contributed by atoms with van der Waals surface area (Å²) < 4.78 is 4.75. The number of allylic oxidation sites excluding steroid dienone is 1. The van der Waals surface area contributed by atoms with Crippen molar-refractivity contribution in [2.24, 2.45) is 11.8 Å². The highest BCUT2D eigenvalue weighted by Crippen LogP contribution is 2.62. The van der Waals surface area contributed by atoms with Gasteiger partial charge in [-0.1, -0.05) is 73.9 Å². The van der Waals surface area contributed by atoms with Crippen LogP contribution in [-0.2, 0) is 19.1 Å². The fourth-order valence-corrected chi connectivity index (χ4v) is 9.28. The smallest absolute Gasteiger partial charge is 0.311 e. The van der Waals surface area contributed by atoms with Crippen LogP contribution in [0.5, 0.6) is 0 Å². The van der Waals surface area contributed by atoms with E-state index in [9.17, 15) is 19.5 Å². The number of carbonyl (C=O) groups excluding carboxylic acids is 3. The van der Waals surface area contributed by atoms with Gasteiger partial charge in [-0.25, -0.2) is 0 Å². The Morgan fingerprint density at radius 3 is 2.58 bits per heavy atom. The maximum absolute atomic E-state index is 14.6. The highest BCUT2D eigenvalue weighted by molar-refractivity contribution is 8.02. The highest BCUT2D eigenvalue weighted by Gasteiger charge is 2.72. The molecule has 202 valence electrons. The maximum atomic E-state index is 14.6. The van der Waals surface area contributed by atoms with Crippen molar-refractivity contribution in [2.45, 2.75) is 73.1 Å². The number of fused-ring (bicyclic) bond motifs is 2. The molecular weight excluding hydrogens is 500 g/mol. The lowest BCUT2D eigenvalue weighted by Crippen LogP contribution is -2.56. The van der Waals surface area contributed by atoms with E-state index in [2.05, 4.69) is 6.08 Å². The molecule has 38 heavy (non-hydrogen) atoms. The molecule has 1 aliphatic carbocycles. The summed E-state index contributed by atoms with van der Waals surface area (Å²) in [6.07, 6.45) is 15.1. The number of carbonyl (C=O) groups is 3. The van der Waals surface area contributed by atoms with Gasteiger partial charge in [-0.15, -0.1) is 11.8 Å². The number of thioether (sulfide) groups is 1. The van der Waals surface area contributed by atoms with Gasteiger partial charge in [0, 0.05) is 17.8 Å². The van der Waals surface area contributed by atoms with Crippen LogP contribution in [0, 0.1) is 11.8 Å². The summed E-state index contributed by atoms with van der Waals surface area (Å²) in [5, 5.41) is 10.4. The normalized spacial score (nSPS) is 35.3. The summed E-state index contributed by atoms with van der Waals surface area (Å²) >= 11 is 1.56. The Kier molecular flexibility index (Phi) is 7.12. The number of hydrogen-bond acceptors (Lipinski definition) is 6. The molecule has 2 saturated heterocycles. The molecular formula is C30H36N2O5S. The third-order valence-electron chi connectivity index (χ3n) is 9.03. The predicted molar refractivity (Wildman–Crippen MR) is 145 cm³/mol. The zero-order valence-corrected chi connectivity index (χ0v) is 22.4. The molecule has 1 aromatic carbocycles. The number of aliphatic hydroxyl groups is 1. The van der Waals surface area contributed by atoms with Crippen molar-refractivity contribution in [3.8, 4) is 0 Å². The number of benzene rings is 1. The number of rotatable bonds is 4. The van der Waals surface area contributed by atoms with E-state index in [4.69, 9.17) is 4.74 Å². The fourth-order valence-electron chi connectivity index (χ4n) is 7.30. The topological polar surface area (TPSA) is 87.2 Å². The molecule has 1 spiro atoms. The summed E-state index contributed by atoms with van der Waals surface area (Å²) in [5.74, 6) is -2.08. The summed E-state index contributed by atoms with van der Waals surface area (Å²) in [7, 11) is 0. The van der Waals surface area contributed by atoms with Crippen LogP contribution in [0.15, 0.2) is 54.6 Å². The van der Waals surface area contributed by atoms with Crippen LogP contribution in [0.2, 0.25) is 0 Å². The third kappa shape index (κ3) is 4.11. The Balaban J connectivity index is 1.48. The van der Waals surface area contributed by atoms with Crippen LogP contribution < -0.4 is 0 Å². The van der Waals surface area contributed by atoms with Gasteiger partial charge in [0.1, 0.15) is 6.04 Å². The molecule has 0 radical (unpaired) electrons. The second-order valence-electron chi connectivity index (χ2n) is 11.1. The van der Waals surface area contributed by atoms with Crippen molar-refractivity contribution in [1.82, 2.24) is 9.80 Å². The highest BCUT2D eigenvalue weighted by atomic mass is 32.2. The van der Waals surface area contributed by atoms with E-state index in [1.807, 2.05) is 53.5 Å². The molecule has 3 fully saturated rings.